The van der Waals surface area contributed by atoms with Crippen molar-refractivity contribution < 1.29 is 9.66 Å². The molecule has 0 spiro atoms. The fourth-order valence-electron chi connectivity index (χ4n) is 2.19. The topological polar surface area (TPSA) is 74.4 Å². The molecule has 1 aromatic heterocycles. The molecule has 106 valence electrons. The van der Waals surface area contributed by atoms with Gasteiger partial charge in [0, 0.05) is 23.6 Å². The number of non-ortho nitro benzene ring substituents is 1. The second-order valence-corrected chi connectivity index (χ2v) is 4.71. The number of nitro groups is 1. The smallest absolute Gasteiger partial charge is 0.293 e. The number of hydrogen-bond donors (Lipinski definition) is 0. The third-order valence-corrected chi connectivity index (χ3v) is 3.01. The predicted octanol–water partition coefficient (Wildman–Crippen LogP) is 2.89. The van der Waals surface area contributed by atoms with Crippen molar-refractivity contribution in [2.45, 2.75) is 26.8 Å². The van der Waals surface area contributed by atoms with Crippen molar-refractivity contribution in [1.82, 2.24) is 4.57 Å². The van der Waals surface area contributed by atoms with Crippen molar-refractivity contribution in [2.75, 3.05) is 6.61 Å². The van der Waals surface area contributed by atoms with Crippen molar-refractivity contribution >= 4 is 16.6 Å². The lowest BCUT2D eigenvalue weighted by Crippen LogP contribution is -2.24. The van der Waals surface area contributed by atoms with E-state index in [0.717, 1.165) is 0 Å². The predicted molar refractivity (Wildman–Crippen MR) is 76.4 cm³/mol. The molecular weight excluding hydrogens is 260 g/mol. The highest BCUT2D eigenvalue weighted by Crippen LogP contribution is 2.24. The average molecular weight is 276 g/mol. The lowest BCUT2D eigenvalue weighted by molar-refractivity contribution is -0.384. The van der Waals surface area contributed by atoms with Crippen molar-refractivity contribution in [1.29, 1.82) is 0 Å². The van der Waals surface area contributed by atoms with Gasteiger partial charge in [-0.2, -0.15) is 0 Å². The van der Waals surface area contributed by atoms with E-state index in [1.807, 2.05) is 13.8 Å². The molecular formula is C14H16N2O4. The molecule has 0 saturated heterocycles. The van der Waals surface area contributed by atoms with Crippen molar-refractivity contribution in [2.24, 2.45) is 0 Å². The van der Waals surface area contributed by atoms with E-state index < -0.39 is 4.92 Å². The minimum atomic E-state index is -0.454. The van der Waals surface area contributed by atoms with Gasteiger partial charge in [0.2, 0.25) is 0 Å². The van der Waals surface area contributed by atoms with Crippen LogP contribution >= 0.6 is 0 Å². The van der Waals surface area contributed by atoms with Crippen LogP contribution in [0.15, 0.2) is 29.1 Å². The summed E-state index contributed by atoms with van der Waals surface area (Å²) in [5.74, 6) is 0.217. The van der Waals surface area contributed by atoms with Crippen LogP contribution in [0.2, 0.25) is 0 Å². The molecule has 6 nitrogen and oxygen atoms in total. The Labute approximate surface area is 115 Å². The number of hydrogen-bond acceptors (Lipinski definition) is 4. The maximum Gasteiger partial charge on any atom is 0.293 e. The van der Waals surface area contributed by atoms with Gasteiger partial charge in [0.1, 0.15) is 0 Å². The maximum atomic E-state index is 12.3. The van der Waals surface area contributed by atoms with Gasteiger partial charge in [-0.15, -0.1) is 0 Å². The molecule has 0 unspecified atom stereocenters. The number of ether oxygens (including phenoxy) is 1. The quantitative estimate of drug-likeness (QED) is 0.635. The standard InChI is InChI=1S/C14H16N2O4/c1-4-20-13-8-10-7-11(16(18)19)5-6-12(10)15(9(2)3)14(13)17/h5-9H,4H2,1-3H3. The Balaban J connectivity index is 2.81. The van der Waals surface area contributed by atoms with E-state index in [0.29, 0.717) is 17.5 Å². The molecule has 0 atom stereocenters. The number of pyridine rings is 1. The number of fused-ring (bicyclic) bond motifs is 1. The van der Waals surface area contributed by atoms with Gasteiger partial charge in [-0.25, -0.2) is 0 Å². The minimum absolute atomic E-state index is 0.00564. The first-order valence-corrected chi connectivity index (χ1v) is 6.42. The molecule has 6 heteroatoms. The van der Waals surface area contributed by atoms with Crippen LogP contribution in [-0.4, -0.2) is 16.1 Å². The minimum Gasteiger partial charge on any atom is -0.488 e. The van der Waals surface area contributed by atoms with Crippen LogP contribution in [0.3, 0.4) is 0 Å². The third kappa shape index (κ3) is 2.36. The van der Waals surface area contributed by atoms with E-state index in [4.69, 9.17) is 4.74 Å². The molecule has 0 amide bonds. The van der Waals surface area contributed by atoms with E-state index in [1.54, 1.807) is 23.6 Å². The Kier molecular flexibility index (Phi) is 3.74. The van der Waals surface area contributed by atoms with Crippen molar-refractivity contribution in [3.8, 4) is 5.75 Å². The zero-order valence-electron chi connectivity index (χ0n) is 11.6. The molecule has 0 bridgehead atoms. The van der Waals surface area contributed by atoms with E-state index >= 15 is 0 Å². The molecule has 0 aliphatic carbocycles. The van der Waals surface area contributed by atoms with Gasteiger partial charge in [0.05, 0.1) is 17.0 Å². The van der Waals surface area contributed by atoms with Gasteiger partial charge in [0.25, 0.3) is 11.2 Å². The Morgan fingerprint density at radius 2 is 2.05 bits per heavy atom. The third-order valence-electron chi connectivity index (χ3n) is 3.01. The number of nitrogens with zero attached hydrogens (tertiary/aromatic N) is 2. The van der Waals surface area contributed by atoms with Crippen LogP contribution in [0.5, 0.6) is 5.75 Å². The number of benzene rings is 1. The lowest BCUT2D eigenvalue weighted by atomic mass is 10.1. The Morgan fingerprint density at radius 1 is 1.35 bits per heavy atom. The summed E-state index contributed by atoms with van der Waals surface area (Å²) in [5.41, 5.74) is 0.441. The van der Waals surface area contributed by atoms with Gasteiger partial charge in [0.15, 0.2) is 5.75 Å². The summed E-state index contributed by atoms with van der Waals surface area (Å²) in [6, 6.07) is 5.96. The molecule has 0 fully saturated rings. The molecule has 2 aromatic rings. The van der Waals surface area contributed by atoms with Crippen LogP contribution < -0.4 is 10.3 Å². The summed E-state index contributed by atoms with van der Waals surface area (Å²) in [5, 5.41) is 11.5. The highest BCUT2D eigenvalue weighted by molar-refractivity contribution is 5.83. The van der Waals surface area contributed by atoms with E-state index in [1.165, 1.54) is 12.1 Å². The molecule has 0 radical (unpaired) electrons. The normalized spacial score (nSPS) is 11.0. The first-order valence-electron chi connectivity index (χ1n) is 6.42. The number of rotatable bonds is 4. The van der Waals surface area contributed by atoms with Crippen LogP contribution in [0.4, 0.5) is 5.69 Å². The average Bonchev–Trinajstić information content (AvgIpc) is 2.38. The van der Waals surface area contributed by atoms with Crippen LogP contribution in [0.1, 0.15) is 26.8 Å². The molecule has 2 rings (SSSR count). The SMILES string of the molecule is CCOc1cc2cc([N+](=O)[O-])ccc2n(C(C)C)c1=O. The van der Waals surface area contributed by atoms with Gasteiger partial charge < -0.3 is 9.30 Å². The van der Waals surface area contributed by atoms with Crippen LogP contribution in [0.25, 0.3) is 10.9 Å². The molecule has 0 aliphatic heterocycles. The Bertz CT molecular complexity index is 719. The molecule has 0 saturated carbocycles. The first kappa shape index (κ1) is 14.0. The zero-order valence-corrected chi connectivity index (χ0v) is 11.6. The molecule has 20 heavy (non-hydrogen) atoms. The summed E-state index contributed by atoms with van der Waals surface area (Å²) in [6.45, 7) is 5.93. The Morgan fingerprint density at radius 3 is 2.60 bits per heavy atom. The number of aromatic nitrogens is 1. The molecule has 0 N–H and O–H groups in total. The monoisotopic (exact) mass is 276 g/mol. The van der Waals surface area contributed by atoms with Crippen molar-refractivity contribution in [3.05, 3.63) is 44.7 Å². The van der Waals surface area contributed by atoms with E-state index in [-0.39, 0.29) is 23.0 Å². The largest absolute Gasteiger partial charge is 0.488 e. The summed E-state index contributed by atoms with van der Waals surface area (Å²) in [7, 11) is 0. The Hall–Kier alpha value is -2.37. The number of nitro benzene ring substituents is 1. The van der Waals surface area contributed by atoms with Crippen molar-refractivity contribution in [3.63, 3.8) is 0 Å². The van der Waals surface area contributed by atoms with Gasteiger partial charge in [-0.05, 0) is 32.9 Å². The summed E-state index contributed by atoms with van der Waals surface area (Å²) >= 11 is 0. The zero-order chi connectivity index (χ0) is 14.9. The molecule has 1 heterocycles. The van der Waals surface area contributed by atoms with E-state index in [2.05, 4.69) is 0 Å². The first-order chi connectivity index (χ1) is 9.45. The fourth-order valence-corrected chi connectivity index (χ4v) is 2.19. The van der Waals surface area contributed by atoms with Gasteiger partial charge in [-0.3, -0.25) is 14.9 Å². The lowest BCUT2D eigenvalue weighted by Gasteiger charge is -2.15. The van der Waals surface area contributed by atoms with Gasteiger partial charge >= 0.3 is 0 Å². The van der Waals surface area contributed by atoms with E-state index in [9.17, 15) is 14.9 Å². The summed E-state index contributed by atoms with van der Waals surface area (Å²) in [4.78, 5) is 22.7. The van der Waals surface area contributed by atoms with Crippen LogP contribution in [0, 0.1) is 10.1 Å². The summed E-state index contributed by atoms with van der Waals surface area (Å²) < 4.78 is 6.92. The highest BCUT2D eigenvalue weighted by Gasteiger charge is 2.15. The fraction of sp³-hybridized carbons (Fsp3) is 0.357. The molecule has 0 aliphatic rings. The summed E-state index contributed by atoms with van der Waals surface area (Å²) in [6.07, 6.45) is 0. The second-order valence-electron chi connectivity index (χ2n) is 4.71. The molecule has 1 aromatic carbocycles. The van der Waals surface area contributed by atoms with Gasteiger partial charge in [-0.1, -0.05) is 0 Å². The second kappa shape index (κ2) is 5.32. The van der Waals surface area contributed by atoms with Crippen LogP contribution in [-0.2, 0) is 0 Å². The highest BCUT2D eigenvalue weighted by atomic mass is 16.6. The maximum absolute atomic E-state index is 12.3.